The number of ether oxygens (including phenoxy) is 1. The van der Waals surface area contributed by atoms with Crippen LogP contribution in [0.5, 0.6) is 5.75 Å². The van der Waals surface area contributed by atoms with Crippen LogP contribution in [0.1, 0.15) is 10.5 Å². The lowest BCUT2D eigenvalue weighted by Gasteiger charge is -2.07. The van der Waals surface area contributed by atoms with Gasteiger partial charge in [0.2, 0.25) is 0 Å². The van der Waals surface area contributed by atoms with Gasteiger partial charge in [-0.05, 0) is 36.4 Å². The lowest BCUT2D eigenvalue weighted by atomic mass is 10.2. The largest absolute Gasteiger partial charge is 0.497 e. The second-order valence-electron chi connectivity index (χ2n) is 3.84. The van der Waals surface area contributed by atoms with Gasteiger partial charge in [-0.2, -0.15) is 0 Å². The molecule has 5 nitrogen and oxygen atoms in total. The fraction of sp³-hybridized carbons (Fsp3) is 0.143. The first-order valence-electron chi connectivity index (χ1n) is 5.83. The number of nitrogens with one attached hydrogen (secondary N) is 2. The smallest absolute Gasteiger partial charge is 0.274 e. The zero-order chi connectivity index (χ0) is 13.7. The molecule has 0 unspecified atom stereocenters. The summed E-state index contributed by atoms with van der Waals surface area (Å²) in [4.78, 5) is 16.2. The lowest BCUT2D eigenvalue weighted by Crippen LogP contribution is -2.14. The van der Waals surface area contributed by atoms with Crippen molar-refractivity contribution in [3.63, 3.8) is 0 Å². The summed E-state index contributed by atoms with van der Waals surface area (Å²) >= 11 is 0. The summed E-state index contributed by atoms with van der Waals surface area (Å²) in [6.07, 6.45) is 0. The lowest BCUT2D eigenvalue weighted by molar-refractivity contribution is 0.102. The molecule has 19 heavy (non-hydrogen) atoms. The van der Waals surface area contributed by atoms with E-state index in [9.17, 15) is 4.79 Å². The van der Waals surface area contributed by atoms with Gasteiger partial charge in [-0.25, -0.2) is 4.98 Å². The molecule has 0 bridgehead atoms. The van der Waals surface area contributed by atoms with Gasteiger partial charge in [0.1, 0.15) is 17.3 Å². The Balaban J connectivity index is 2.11. The number of nitrogens with zero attached hydrogens (tertiary/aromatic N) is 1. The summed E-state index contributed by atoms with van der Waals surface area (Å²) in [5.41, 5.74) is 1.06. The number of rotatable bonds is 4. The van der Waals surface area contributed by atoms with E-state index in [-0.39, 0.29) is 5.91 Å². The van der Waals surface area contributed by atoms with Crippen molar-refractivity contribution < 1.29 is 9.53 Å². The summed E-state index contributed by atoms with van der Waals surface area (Å²) < 4.78 is 5.06. The molecule has 0 saturated carbocycles. The predicted octanol–water partition coefficient (Wildman–Crippen LogP) is 2.38. The van der Waals surface area contributed by atoms with Crippen molar-refractivity contribution >= 4 is 17.4 Å². The molecule has 98 valence electrons. The van der Waals surface area contributed by atoms with Crippen LogP contribution in [-0.2, 0) is 0 Å². The third-order valence-corrected chi connectivity index (χ3v) is 2.59. The van der Waals surface area contributed by atoms with E-state index in [0.717, 1.165) is 5.75 Å². The van der Waals surface area contributed by atoms with Gasteiger partial charge in [0.15, 0.2) is 0 Å². The number of aromatic nitrogens is 1. The highest BCUT2D eigenvalue weighted by Crippen LogP contribution is 2.15. The molecule has 2 N–H and O–H groups in total. The van der Waals surface area contributed by atoms with Gasteiger partial charge >= 0.3 is 0 Å². The number of carbonyl (C=O) groups is 1. The molecule has 0 atom stereocenters. The Bertz CT molecular complexity index is 567. The maximum Gasteiger partial charge on any atom is 0.274 e. The van der Waals surface area contributed by atoms with E-state index in [1.807, 2.05) is 0 Å². The van der Waals surface area contributed by atoms with Gasteiger partial charge in [0, 0.05) is 12.7 Å². The van der Waals surface area contributed by atoms with Gasteiger partial charge in [-0.1, -0.05) is 6.07 Å². The number of hydrogen-bond donors (Lipinski definition) is 2. The summed E-state index contributed by atoms with van der Waals surface area (Å²) in [7, 11) is 3.36. The number of hydrogen-bond acceptors (Lipinski definition) is 4. The molecule has 1 amide bonds. The van der Waals surface area contributed by atoms with Gasteiger partial charge in [-0.3, -0.25) is 4.79 Å². The van der Waals surface area contributed by atoms with Crippen LogP contribution in [0.3, 0.4) is 0 Å². The molecule has 2 aromatic rings. The molecule has 0 saturated heterocycles. The van der Waals surface area contributed by atoms with E-state index in [1.165, 1.54) is 0 Å². The van der Waals surface area contributed by atoms with E-state index < -0.39 is 0 Å². The summed E-state index contributed by atoms with van der Waals surface area (Å²) in [6.45, 7) is 0. The molecule has 1 aromatic carbocycles. The molecule has 2 rings (SSSR count). The fourth-order valence-corrected chi connectivity index (χ4v) is 1.57. The van der Waals surface area contributed by atoms with E-state index in [4.69, 9.17) is 4.74 Å². The first-order valence-corrected chi connectivity index (χ1v) is 5.83. The Kier molecular flexibility index (Phi) is 3.97. The van der Waals surface area contributed by atoms with Crippen LogP contribution in [0.4, 0.5) is 11.5 Å². The minimum absolute atomic E-state index is 0.248. The number of amides is 1. The Morgan fingerprint density at radius 2 is 1.89 bits per heavy atom. The average molecular weight is 257 g/mol. The Hall–Kier alpha value is -2.56. The van der Waals surface area contributed by atoms with Crippen molar-refractivity contribution in [2.45, 2.75) is 0 Å². The predicted molar refractivity (Wildman–Crippen MR) is 74.7 cm³/mol. The zero-order valence-corrected chi connectivity index (χ0v) is 10.8. The molecule has 0 radical (unpaired) electrons. The van der Waals surface area contributed by atoms with Crippen LogP contribution < -0.4 is 15.4 Å². The molecular formula is C14H15N3O2. The molecule has 5 heteroatoms. The monoisotopic (exact) mass is 257 g/mol. The maximum absolute atomic E-state index is 12.0. The Morgan fingerprint density at radius 3 is 2.53 bits per heavy atom. The maximum atomic E-state index is 12.0. The molecule has 0 aliphatic heterocycles. The van der Waals surface area contributed by atoms with Gasteiger partial charge in [0.25, 0.3) is 5.91 Å². The highest BCUT2D eigenvalue weighted by molar-refractivity contribution is 6.03. The van der Waals surface area contributed by atoms with Crippen LogP contribution in [0, 0.1) is 0 Å². The SMILES string of the molecule is CNc1cccc(C(=O)Nc2ccc(OC)cc2)n1. The minimum Gasteiger partial charge on any atom is -0.497 e. The average Bonchev–Trinajstić information content (AvgIpc) is 2.48. The van der Waals surface area contributed by atoms with Crippen LogP contribution in [0.2, 0.25) is 0 Å². The highest BCUT2D eigenvalue weighted by atomic mass is 16.5. The van der Waals surface area contributed by atoms with Crippen LogP contribution in [-0.4, -0.2) is 25.0 Å². The molecule has 0 aliphatic carbocycles. The van der Waals surface area contributed by atoms with Crippen molar-refractivity contribution in [1.29, 1.82) is 0 Å². The quantitative estimate of drug-likeness (QED) is 0.882. The second-order valence-corrected chi connectivity index (χ2v) is 3.84. The van der Waals surface area contributed by atoms with E-state index in [0.29, 0.717) is 17.2 Å². The van der Waals surface area contributed by atoms with E-state index in [2.05, 4.69) is 15.6 Å². The number of methoxy groups -OCH3 is 1. The summed E-state index contributed by atoms with van der Waals surface area (Å²) in [5.74, 6) is 1.15. The van der Waals surface area contributed by atoms with Crippen LogP contribution in [0.25, 0.3) is 0 Å². The van der Waals surface area contributed by atoms with E-state index >= 15 is 0 Å². The first-order chi connectivity index (χ1) is 9.22. The molecule has 1 aromatic heterocycles. The topological polar surface area (TPSA) is 63.2 Å². The standard InChI is InChI=1S/C14H15N3O2/c1-15-13-5-3-4-12(17-13)14(18)16-10-6-8-11(19-2)9-7-10/h3-9H,1-2H3,(H,15,17)(H,16,18). The van der Waals surface area contributed by atoms with E-state index in [1.54, 1.807) is 56.6 Å². The normalized spacial score (nSPS) is 9.79. The highest BCUT2D eigenvalue weighted by Gasteiger charge is 2.08. The van der Waals surface area contributed by atoms with Gasteiger partial charge in [-0.15, -0.1) is 0 Å². The first kappa shape index (κ1) is 12.9. The van der Waals surface area contributed by atoms with Crippen molar-refractivity contribution in [2.75, 3.05) is 24.8 Å². The molecular weight excluding hydrogens is 242 g/mol. The second kappa shape index (κ2) is 5.86. The van der Waals surface area contributed by atoms with Gasteiger partial charge in [0.05, 0.1) is 7.11 Å². The zero-order valence-electron chi connectivity index (χ0n) is 10.8. The third-order valence-electron chi connectivity index (χ3n) is 2.59. The molecule has 1 heterocycles. The Morgan fingerprint density at radius 1 is 1.16 bits per heavy atom. The summed E-state index contributed by atoms with van der Waals surface area (Å²) in [5, 5.41) is 5.67. The number of anilines is 2. The molecule has 0 fully saturated rings. The third kappa shape index (κ3) is 3.22. The molecule has 0 spiro atoms. The number of pyridine rings is 1. The summed E-state index contributed by atoms with van der Waals surface area (Å²) in [6, 6.07) is 12.4. The Labute approximate surface area is 111 Å². The van der Waals surface area contributed by atoms with Crippen molar-refractivity contribution in [1.82, 2.24) is 4.98 Å². The minimum atomic E-state index is -0.248. The van der Waals surface area contributed by atoms with Crippen LogP contribution >= 0.6 is 0 Å². The van der Waals surface area contributed by atoms with Crippen molar-refractivity contribution in [3.8, 4) is 5.75 Å². The number of carbonyl (C=O) groups excluding carboxylic acids is 1. The molecule has 0 aliphatic rings. The van der Waals surface area contributed by atoms with Crippen molar-refractivity contribution in [2.24, 2.45) is 0 Å². The fourth-order valence-electron chi connectivity index (χ4n) is 1.57. The van der Waals surface area contributed by atoms with Crippen LogP contribution in [0.15, 0.2) is 42.5 Å². The number of benzene rings is 1. The van der Waals surface area contributed by atoms with Gasteiger partial charge < -0.3 is 15.4 Å². The van der Waals surface area contributed by atoms with Crippen molar-refractivity contribution in [3.05, 3.63) is 48.2 Å².